The van der Waals surface area contributed by atoms with E-state index >= 15 is 0 Å². The van der Waals surface area contributed by atoms with Gasteiger partial charge < -0.3 is 15.4 Å². The van der Waals surface area contributed by atoms with E-state index in [-0.39, 0.29) is 36.5 Å². The van der Waals surface area contributed by atoms with Gasteiger partial charge in [-0.05, 0) is 56.5 Å². The van der Waals surface area contributed by atoms with Crippen molar-refractivity contribution in [3.8, 4) is 0 Å². The summed E-state index contributed by atoms with van der Waals surface area (Å²) in [4.78, 5) is 51.0. The molecule has 0 saturated carbocycles. The van der Waals surface area contributed by atoms with Gasteiger partial charge in [-0.25, -0.2) is 4.79 Å². The molecule has 2 N–H and O–H groups in total. The number of hydrogen-bond acceptors (Lipinski definition) is 7. The lowest BCUT2D eigenvalue weighted by atomic mass is 10.2. The predicted octanol–water partition coefficient (Wildman–Crippen LogP) is 5.44. The number of esters is 1. The maximum absolute atomic E-state index is 13.0. The van der Waals surface area contributed by atoms with Gasteiger partial charge in [0, 0.05) is 14.2 Å². The van der Waals surface area contributed by atoms with Gasteiger partial charge in [-0.15, -0.1) is 22.7 Å². The number of carbonyl (C=O) groups excluding carboxylic acids is 4. The average Bonchev–Trinajstić information content (AvgIpc) is 3.30. The summed E-state index contributed by atoms with van der Waals surface area (Å²) in [6.07, 6.45) is 1.97. The summed E-state index contributed by atoms with van der Waals surface area (Å²) in [6, 6.07) is 0. The lowest BCUT2D eigenvalue weighted by Gasteiger charge is -2.24. The maximum atomic E-state index is 13.0. The van der Waals surface area contributed by atoms with Crippen molar-refractivity contribution >= 4 is 64.9 Å². The van der Waals surface area contributed by atoms with Gasteiger partial charge >= 0.3 is 5.97 Å². The molecule has 0 aliphatic heterocycles. The summed E-state index contributed by atoms with van der Waals surface area (Å²) < 4.78 is 5.10. The first kappa shape index (κ1) is 27.2. The van der Waals surface area contributed by atoms with E-state index in [0.29, 0.717) is 21.1 Å². The van der Waals surface area contributed by atoms with E-state index < -0.39 is 13.2 Å². The number of hydrogen-bond donors (Lipinski definition) is 2. The van der Waals surface area contributed by atoms with Gasteiger partial charge in [0.2, 0.25) is 0 Å². The second-order valence-electron chi connectivity index (χ2n) is 7.91. The van der Waals surface area contributed by atoms with Crippen molar-refractivity contribution in [2.75, 3.05) is 41.9 Å². The van der Waals surface area contributed by atoms with Gasteiger partial charge in [0.15, 0.2) is 5.78 Å². The number of amides is 2. The van der Waals surface area contributed by atoms with E-state index in [2.05, 4.69) is 10.6 Å². The van der Waals surface area contributed by atoms with Crippen molar-refractivity contribution in [2.24, 2.45) is 0 Å². The van der Waals surface area contributed by atoms with E-state index in [9.17, 15) is 19.2 Å². The molecule has 0 aliphatic rings. The number of rotatable bonds is 11. The molecule has 0 spiro atoms. The smallest absolute Gasteiger partial charge is 0.350 e. The second-order valence-corrected chi connectivity index (χ2v) is 14.2. The van der Waals surface area contributed by atoms with E-state index in [0.717, 1.165) is 23.5 Å². The molecule has 10 heteroatoms. The quantitative estimate of drug-likeness (QED) is 0.238. The Morgan fingerprint density at radius 2 is 1.30 bits per heavy atom. The fourth-order valence-corrected chi connectivity index (χ4v) is 8.13. The summed E-state index contributed by atoms with van der Waals surface area (Å²) >= 11 is 2.56. The molecular weight excluding hydrogens is 479 g/mol. The molecule has 0 radical (unpaired) electrons. The SMILES string of the molecule is CCOC(=O)c1scc(C)c1NC(=O)C[P+](CC)(CC)CC(=O)Nc1c(C)csc1C(C)=O. The number of thiophene rings is 2. The van der Waals surface area contributed by atoms with Crippen LogP contribution in [0.4, 0.5) is 11.4 Å². The highest BCUT2D eigenvalue weighted by Crippen LogP contribution is 2.58. The Kier molecular flexibility index (Phi) is 9.76. The summed E-state index contributed by atoms with van der Waals surface area (Å²) in [5, 5.41) is 9.48. The van der Waals surface area contributed by atoms with Gasteiger partial charge in [-0.1, -0.05) is 0 Å². The lowest BCUT2D eigenvalue weighted by Crippen LogP contribution is -2.28. The van der Waals surface area contributed by atoms with E-state index in [1.807, 2.05) is 38.5 Å². The highest BCUT2D eigenvalue weighted by atomic mass is 32.1. The number of Topliss-reactive ketones (excluding diaryl/α,β-unsaturated/α-hetero) is 1. The minimum absolute atomic E-state index is 0.0849. The number of carbonyl (C=O) groups is 4. The van der Waals surface area contributed by atoms with Crippen molar-refractivity contribution < 1.29 is 23.9 Å². The van der Waals surface area contributed by atoms with Crippen LogP contribution in [0.25, 0.3) is 0 Å². The molecule has 0 saturated heterocycles. The van der Waals surface area contributed by atoms with Gasteiger partial charge in [0.05, 0.1) is 35.2 Å². The van der Waals surface area contributed by atoms with Crippen molar-refractivity contribution in [3.63, 3.8) is 0 Å². The van der Waals surface area contributed by atoms with E-state index in [1.54, 1.807) is 6.92 Å². The summed E-state index contributed by atoms with van der Waals surface area (Å²) in [6.45, 7) is 11.2. The van der Waals surface area contributed by atoms with Crippen LogP contribution in [0.15, 0.2) is 10.8 Å². The maximum Gasteiger partial charge on any atom is 0.350 e. The van der Waals surface area contributed by atoms with Gasteiger partial charge in [0.25, 0.3) is 11.8 Å². The molecular formula is C23H32N2O5PS2+. The van der Waals surface area contributed by atoms with Crippen LogP contribution in [-0.4, -0.2) is 54.8 Å². The lowest BCUT2D eigenvalue weighted by molar-refractivity contribution is -0.114. The van der Waals surface area contributed by atoms with E-state index in [4.69, 9.17) is 4.74 Å². The van der Waals surface area contributed by atoms with Gasteiger partial charge in [-0.2, -0.15) is 0 Å². The van der Waals surface area contributed by atoms with Crippen LogP contribution < -0.4 is 10.6 Å². The zero-order valence-corrected chi connectivity index (χ0v) is 22.5. The predicted molar refractivity (Wildman–Crippen MR) is 139 cm³/mol. The molecule has 0 aliphatic carbocycles. The van der Waals surface area contributed by atoms with E-state index in [1.165, 1.54) is 29.6 Å². The number of anilines is 2. The molecule has 0 unspecified atom stereocenters. The van der Waals surface area contributed by atoms with Gasteiger partial charge in [0.1, 0.15) is 17.2 Å². The average molecular weight is 512 g/mol. The summed E-state index contributed by atoms with van der Waals surface area (Å²) in [5.74, 6) is -0.922. The van der Waals surface area contributed by atoms with Crippen LogP contribution >= 0.6 is 29.9 Å². The standard InChI is InChI=1S/C23H31N2O5PS2/c1-7-30-23(29)22-20(15(5)13-33-22)25-18(28)11-31(8-2,9-3)10-17(27)24-19-14(4)12-32-21(19)16(6)26/h12-13H,7-11H2,1-6H3,(H-,24,25,26,27,28,29)/p+1. The Hall–Kier alpha value is -2.09. The van der Waals surface area contributed by atoms with Gasteiger partial charge in [-0.3, -0.25) is 14.4 Å². The first-order chi connectivity index (χ1) is 15.6. The Morgan fingerprint density at radius 1 is 0.848 bits per heavy atom. The number of aryl methyl sites for hydroxylation is 2. The molecule has 7 nitrogen and oxygen atoms in total. The third-order valence-electron chi connectivity index (χ3n) is 5.56. The zero-order valence-electron chi connectivity index (χ0n) is 20.0. The van der Waals surface area contributed by atoms with Crippen LogP contribution in [0, 0.1) is 13.8 Å². The third-order valence-corrected chi connectivity index (χ3v) is 12.4. The minimum atomic E-state index is -1.95. The van der Waals surface area contributed by atoms with Crippen molar-refractivity contribution in [1.29, 1.82) is 0 Å². The molecule has 0 fully saturated rings. The molecule has 2 aromatic rings. The van der Waals surface area contributed by atoms with Crippen LogP contribution in [0.2, 0.25) is 0 Å². The van der Waals surface area contributed by atoms with Crippen molar-refractivity contribution in [2.45, 2.75) is 41.5 Å². The molecule has 180 valence electrons. The molecule has 33 heavy (non-hydrogen) atoms. The monoisotopic (exact) mass is 511 g/mol. The van der Waals surface area contributed by atoms with Crippen LogP contribution in [-0.2, 0) is 14.3 Å². The normalized spacial score (nSPS) is 11.2. The molecule has 2 aromatic heterocycles. The molecule has 2 rings (SSSR count). The molecule has 2 heterocycles. The Balaban J connectivity index is 2.15. The highest BCUT2D eigenvalue weighted by molar-refractivity contribution is 7.77. The fraction of sp³-hybridized carbons (Fsp3) is 0.478. The van der Waals surface area contributed by atoms with Crippen LogP contribution in [0.5, 0.6) is 0 Å². The van der Waals surface area contributed by atoms with Crippen molar-refractivity contribution in [1.82, 2.24) is 0 Å². The number of ketones is 1. The van der Waals surface area contributed by atoms with Crippen LogP contribution in [0.1, 0.15) is 58.2 Å². The molecule has 0 atom stereocenters. The first-order valence-electron chi connectivity index (χ1n) is 10.9. The number of ether oxygens (including phenoxy) is 1. The Bertz CT molecular complexity index is 1040. The molecule has 2 amide bonds. The highest BCUT2D eigenvalue weighted by Gasteiger charge is 2.39. The zero-order chi connectivity index (χ0) is 24.8. The van der Waals surface area contributed by atoms with Crippen molar-refractivity contribution in [3.05, 3.63) is 31.6 Å². The topological polar surface area (TPSA) is 102 Å². The largest absolute Gasteiger partial charge is 0.462 e. The second kappa shape index (κ2) is 11.9. The Morgan fingerprint density at radius 3 is 1.73 bits per heavy atom. The summed E-state index contributed by atoms with van der Waals surface area (Å²) in [5.41, 5.74) is 2.71. The molecule has 0 bridgehead atoms. The Labute approximate surface area is 203 Å². The van der Waals surface area contributed by atoms with Crippen LogP contribution in [0.3, 0.4) is 0 Å². The molecule has 0 aromatic carbocycles. The number of nitrogens with one attached hydrogen (secondary N) is 2. The minimum Gasteiger partial charge on any atom is -0.462 e. The first-order valence-corrected chi connectivity index (χ1v) is 15.1. The third kappa shape index (κ3) is 6.71. The fourth-order valence-electron chi connectivity index (χ4n) is 3.50. The summed E-state index contributed by atoms with van der Waals surface area (Å²) in [7, 11) is -1.95.